The SMILES string of the molecule is O=C(Nc1cccc(F)c1)ONC1=Nc2ccc(Br)cc2C(c2ccccc2)=NC1. The van der Waals surface area contributed by atoms with Crippen LogP contribution in [0.2, 0.25) is 0 Å². The zero-order valence-corrected chi connectivity index (χ0v) is 17.2. The number of benzene rings is 3. The minimum absolute atomic E-state index is 0.184. The maximum absolute atomic E-state index is 13.2. The monoisotopic (exact) mass is 466 g/mol. The van der Waals surface area contributed by atoms with Crippen molar-refractivity contribution in [3.8, 4) is 0 Å². The minimum atomic E-state index is -0.796. The molecule has 3 aromatic carbocycles. The Morgan fingerprint density at radius 1 is 1.03 bits per heavy atom. The van der Waals surface area contributed by atoms with Crippen LogP contribution < -0.4 is 10.8 Å². The molecule has 150 valence electrons. The molecule has 3 aromatic rings. The number of aliphatic imine (C=N–C) groups is 2. The van der Waals surface area contributed by atoms with Crippen LogP contribution in [-0.2, 0) is 4.84 Å². The molecule has 1 heterocycles. The molecule has 8 heteroatoms. The van der Waals surface area contributed by atoms with Crippen LogP contribution in [-0.4, -0.2) is 24.2 Å². The summed E-state index contributed by atoms with van der Waals surface area (Å²) in [5.41, 5.74) is 6.12. The number of halogens is 2. The van der Waals surface area contributed by atoms with Gasteiger partial charge in [0.25, 0.3) is 0 Å². The molecule has 0 spiro atoms. The second-order valence-electron chi connectivity index (χ2n) is 6.38. The first-order chi connectivity index (χ1) is 14.6. The van der Waals surface area contributed by atoms with E-state index in [0.717, 1.165) is 21.3 Å². The summed E-state index contributed by atoms with van der Waals surface area (Å²) in [6.07, 6.45) is -0.796. The predicted octanol–water partition coefficient (Wildman–Crippen LogP) is 5.22. The van der Waals surface area contributed by atoms with E-state index in [4.69, 9.17) is 4.84 Å². The maximum atomic E-state index is 13.2. The third-order valence-electron chi connectivity index (χ3n) is 4.24. The second kappa shape index (κ2) is 8.87. The molecule has 0 radical (unpaired) electrons. The zero-order chi connectivity index (χ0) is 20.9. The molecule has 4 rings (SSSR count). The largest absolute Gasteiger partial charge is 0.435 e. The van der Waals surface area contributed by atoms with Crippen molar-refractivity contribution in [2.45, 2.75) is 0 Å². The van der Waals surface area contributed by atoms with Gasteiger partial charge in [-0.05, 0) is 36.4 Å². The lowest BCUT2D eigenvalue weighted by Gasteiger charge is -2.09. The highest BCUT2D eigenvalue weighted by molar-refractivity contribution is 9.10. The van der Waals surface area contributed by atoms with Crippen LogP contribution in [0.15, 0.2) is 87.3 Å². The Bertz CT molecular complexity index is 1150. The number of amidine groups is 1. The fourth-order valence-electron chi connectivity index (χ4n) is 2.93. The molecule has 1 aliphatic heterocycles. The molecule has 0 saturated heterocycles. The van der Waals surface area contributed by atoms with Crippen LogP contribution in [0.4, 0.5) is 20.6 Å². The lowest BCUT2D eigenvalue weighted by Crippen LogP contribution is -2.31. The van der Waals surface area contributed by atoms with Gasteiger partial charge in [0, 0.05) is 21.3 Å². The van der Waals surface area contributed by atoms with Crippen LogP contribution in [0.5, 0.6) is 0 Å². The first-order valence-corrected chi connectivity index (χ1v) is 9.84. The lowest BCUT2D eigenvalue weighted by atomic mass is 10.0. The summed E-state index contributed by atoms with van der Waals surface area (Å²) in [7, 11) is 0. The molecule has 1 aliphatic rings. The smallest absolute Gasteiger partial charge is 0.323 e. The third kappa shape index (κ3) is 4.72. The summed E-state index contributed by atoms with van der Waals surface area (Å²) in [6, 6.07) is 21.0. The topological polar surface area (TPSA) is 75.1 Å². The van der Waals surface area contributed by atoms with Gasteiger partial charge in [-0.1, -0.05) is 52.3 Å². The van der Waals surface area contributed by atoms with Crippen LogP contribution in [0, 0.1) is 5.82 Å². The Labute approximate surface area is 180 Å². The van der Waals surface area contributed by atoms with Crippen molar-refractivity contribution in [2.75, 3.05) is 11.9 Å². The normalized spacial score (nSPS) is 12.7. The zero-order valence-electron chi connectivity index (χ0n) is 15.6. The average molecular weight is 467 g/mol. The molecule has 1 amide bonds. The van der Waals surface area contributed by atoms with Crippen molar-refractivity contribution in [3.63, 3.8) is 0 Å². The number of anilines is 1. The number of hydrogen-bond acceptors (Lipinski definition) is 5. The number of amides is 1. The van der Waals surface area contributed by atoms with E-state index in [9.17, 15) is 9.18 Å². The van der Waals surface area contributed by atoms with E-state index in [1.54, 1.807) is 6.07 Å². The molecule has 0 fully saturated rings. The number of nitrogens with one attached hydrogen (secondary N) is 2. The molecule has 0 aromatic heterocycles. The number of carbonyl (C=O) groups excluding carboxylic acids is 1. The number of rotatable bonds is 2. The Hall–Kier alpha value is -3.52. The van der Waals surface area contributed by atoms with Crippen LogP contribution in [0.25, 0.3) is 0 Å². The Balaban J connectivity index is 1.53. The van der Waals surface area contributed by atoms with Crippen molar-refractivity contribution < 1.29 is 14.0 Å². The van der Waals surface area contributed by atoms with Gasteiger partial charge in [-0.3, -0.25) is 10.3 Å². The Kier molecular flexibility index (Phi) is 5.85. The van der Waals surface area contributed by atoms with E-state index >= 15 is 0 Å². The van der Waals surface area contributed by atoms with Crippen molar-refractivity contribution >= 4 is 44.9 Å². The number of nitrogens with zero attached hydrogens (tertiary/aromatic N) is 2. The molecule has 0 saturated carbocycles. The summed E-state index contributed by atoms with van der Waals surface area (Å²) in [5.74, 6) is -0.0988. The summed E-state index contributed by atoms with van der Waals surface area (Å²) in [5, 5.41) is 2.44. The summed E-state index contributed by atoms with van der Waals surface area (Å²) in [6.45, 7) is 0.184. The Morgan fingerprint density at radius 2 is 1.87 bits per heavy atom. The van der Waals surface area contributed by atoms with Crippen LogP contribution >= 0.6 is 15.9 Å². The van der Waals surface area contributed by atoms with E-state index in [1.165, 1.54) is 18.2 Å². The van der Waals surface area contributed by atoms with Gasteiger partial charge in [-0.15, -0.1) is 0 Å². The first kappa shape index (κ1) is 19.8. The summed E-state index contributed by atoms with van der Waals surface area (Å²) >= 11 is 3.49. The minimum Gasteiger partial charge on any atom is -0.323 e. The second-order valence-corrected chi connectivity index (χ2v) is 7.29. The van der Waals surface area contributed by atoms with Gasteiger partial charge in [0.15, 0.2) is 5.84 Å². The lowest BCUT2D eigenvalue weighted by molar-refractivity contribution is 0.134. The molecule has 0 aliphatic carbocycles. The fraction of sp³-hybridized carbons (Fsp3) is 0.0455. The predicted molar refractivity (Wildman–Crippen MR) is 118 cm³/mol. The first-order valence-electron chi connectivity index (χ1n) is 9.05. The van der Waals surface area contributed by atoms with E-state index in [0.29, 0.717) is 11.5 Å². The molecule has 0 bridgehead atoms. The van der Waals surface area contributed by atoms with Gasteiger partial charge in [0.2, 0.25) is 0 Å². The molecular formula is C22H16BrFN4O2. The van der Waals surface area contributed by atoms with Gasteiger partial charge in [0.05, 0.1) is 11.4 Å². The van der Waals surface area contributed by atoms with Crippen molar-refractivity contribution in [1.82, 2.24) is 5.48 Å². The highest BCUT2D eigenvalue weighted by atomic mass is 79.9. The average Bonchev–Trinajstić information content (AvgIpc) is 2.92. The van der Waals surface area contributed by atoms with Gasteiger partial charge < -0.3 is 4.84 Å². The summed E-state index contributed by atoms with van der Waals surface area (Å²) < 4.78 is 14.1. The number of carbonyl (C=O) groups is 1. The molecule has 6 nitrogen and oxygen atoms in total. The third-order valence-corrected chi connectivity index (χ3v) is 4.73. The molecular weight excluding hydrogens is 451 g/mol. The van der Waals surface area contributed by atoms with Crippen molar-refractivity contribution in [2.24, 2.45) is 9.98 Å². The van der Waals surface area contributed by atoms with Gasteiger partial charge >= 0.3 is 6.09 Å². The molecule has 2 N–H and O–H groups in total. The fourth-order valence-corrected chi connectivity index (χ4v) is 3.29. The van der Waals surface area contributed by atoms with E-state index in [-0.39, 0.29) is 12.2 Å². The number of hydrogen-bond donors (Lipinski definition) is 2. The standard InChI is InChI=1S/C22H16BrFN4O2/c23-15-9-10-19-18(11-15)21(14-5-2-1-3-6-14)25-13-20(27-19)28-30-22(29)26-17-8-4-7-16(24)12-17/h1-12H,13H2,(H,26,29)(H,27,28). The Morgan fingerprint density at radius 3 is 2.67 bits per heavy atom. The van der Waals surface area contributed by atoms with Gasteiger partial charge in [-0.2, -0.15) is 0 Å². The number of fused-ring (bicyclic) bond motifs is 1. The maximum Gasteiger partial charge on any atom is 0.435 e. The molecule has 0 atom stereocenters. The van der Waals surface area contributed by atoms with Gasteiger partial charge in [0.1, 0.15) is 12.4 Å². The number of hydroxylamine groups is 1. The van der Waals surface area contributed by atoms with Crippen LogP contribution in [0.3, 0.4) is 0 Å². The van der Waals surface area contributed by atoms with Crippen molar-refractivity contribution in [3.05, 3.63) is 94.2 Å². The summed E-state index contributed by atoms with van der Waals surface area (Å²) in [4.78, 5) is 26.3. The molecule has 0 unspecified atom stereocenters. The van der Waals surface area contributed by atoms with E-state index < -0.39 is 11.9 Å². The molecule has 30 heavy (non-hydrogen) atoms. The van der Waals surface area contributed by atoms with E-state index in [1.807, 2.05) is 48.5 Å². The van der Waals surface area contributed by atoms with Gasteiger partial charge in [-0.25, -0.2) is 19.7 Å². The van der Waals surface area contributed by atoms with E-state index in [2.05, 4.69) is 36.7 Å². The highest BCUT2D eigenvalue weighted by Crippen LogP contribution is 2.28. The quantitative estimate of drug-likeness (QED) is 0.508. The van der Waals surface area contributed by atoms with Crippen LogP contribution in [0.1, 0.15) is 11.1 Å². The highest BCUT2D eigenvalue weighted by Gasteiger charge is 2.17. The van der Waals surface area contributed by atoms with Crippen molar-refractivity contribution in [1.29, 1.82) is 0 Å².